The van der Waals surface area contributed by atoms with Crippen molar-refractivity contribution in [2.45, 2.75) is 31.8 Å². The molecule has 6 heteroatoms. The predicted octanol–water partition coefficient (Wildman–Crippen LogP) is 0.421. The molecule has 114 valence electrons. The molecule has 1 aliphatic rings. The largest absolute Gasteiger partial charge is 0.494 e. The third kappa shape index (κ3) is 3.72. The summed E-state index contributed by atoms with van der Waals surface area (Å²) < 4.78 is 5.53. The van der Waals surface area contributed by atoms with E-state index in [4.69, 9.17) is 10.5 Å². The highest BCUT2D eigenvalue weighted by molar-refractivity contribution is 5.99. The van der Waals surface area contributed by atoms with Crippen LogP contribution in [0.15, 0.2) is 24.3 Å². The minimum Gasteiger partial charge on any atom is -0.494 e. The van der Waals surface area contributed by atoms with Gasteiger partial charge in [-0.2, -0.15) is 0 Å². The lowest BCUT2D eigenvalue weighted by molar-refractivity contribution is -0.131. The van der Waals surface area contributed by atoms with Crippen LogP contribution in [0, 0.1) is 0 Å². The summed E-state index contributed by atoms with van der Waals surface area (Å²) in [5.74, 6) is 0.257. The zero-order valence-corrected chi connectivity index (χ0v) is 12.1. The Morgan fingerprint density at radius 1 is 1.38 bits per heavy atom. The molecule has 0 bridgehead atoms. The zero-order valence-electron chi connectivity index (χ0n) is 12.1. The van der Waals surface area contributed by atoms with Crippen molar-refractivity contribution >= 4 is 11.8 Å². The van der Waals surface area contributed by atoms with E-state index in [-0.39, 0.29) is 17.9 Å². The molecule has 4 N–H and O–H groups in total. The fraction of sp³-hybridized carbons (Fsp3) is 0.467. The van der Waals surface area contributed by atoms with Crippen molar-refractivity contribution < 1.29 is 14.3 Å². The number of nitrogens with one attached hydrogen (secondary N) is 2. The molecule has 0 aliphatic carbocycles. The molecule has 0 aromatic heterocycles. The number of nitrogens with two attached hydrogens (primary N) is 1. The molecule has 1 aromatic carbocycles. The van der Waals surface area contributed by atoms with Gasteiger partial charge in [-0.05, 0) is 30.7 Å². The Hall–Kier alpha value is -2.08. The molecule has 2 rings (SSSR count). The minimum absolute atomic E-state index is 0.182. The van der Waals surface area contributed by atoms with Crippen LogP contribution in [0.2, 0.25) is 0 Å². The first-order valence-electron chi connectivity index (χ1n) is 7.20. The van der Waals surface area contributed by atoms with Crippen LogP contribution in [0.3, 0.4) is 0 Å². The van der Waals surface area contributed by atoms with E-state index >= 15 is 0 Å². The van der Waals surface area contributed by atoms with Crippen molar-refractivity contribution in [2.24, 2.45) is 5.73 Å². The second-order valence-electron chi connectivity index (χ2n) is 5.03. The van der Waals surface area contributed by atoms with Gasteiger partial charge in [0, 0.05) is 12.1 Å². The molecule has 1 aliphatic heterocycles. The van der Waals surface area contributed by atoms with Gasteiger partial charge in [0.25, 0.3) is 5.91 Å². The zero-order chi connectivity index (χ0) is 15.2. The molecule has 21 heavy (non-hydrogen) atoms. The molecular weight excluding hydrogens is 270 g/mol. The quantitative estimate of drug-likeness (QED) is 0.501. The van der Waals surface area contributed by atoms with Gasteiger partial charge in [0.05, 0.1) is 12.6 Å². The topological polar surface area (TPSA) is 93.4 Å². The standard InChI is InChI=1S/C15H21N3O3/c1-2-3-8-21-11-6-4-10(5-7-11)14(19)18-13-12(9-16)17-15(13)20/h4-7,12-13H,2-3,8-9,16H2,1H3,(H,17,20)(H,18,19)/t12-,13+/m1/s1. The number of rotatable bonds is 7. The first-order valence-corrected chi connectivity index (χ1v) is 7.20. The summed E-state index contributed by atoms with van der Waals surface area (Å²) in [7, 11) is 0. The molecule has 0 unspecified atom stereocenters. The molecule has 0 spiro atoms. The number of hydrogen-bond donors (Lipinski definition) is 3. The molecule has 1 heterocycles. The summed E-state index contributed by atoms with van der Waals surface area (Å²) in [6, 6.07) is 6.16. The third-order valence-corrected chi connectivity index (χ3v) is 3.44. The number of β-lactam (4-membered cyclic amide) rings is 1. The number of amides is 2. The molecule has 0 radical (unpaired) electrons. The molecule has 2 amide bonds. The molecule has 2 atom stereocenters. The molecule has 1 saturated heterocycles. The Kier molecular flexibility index (Phi) is 5.16. The maximum Gasteiger partial charge on any atom is 0.251 e. The molecule has 1 aromatic rings. The van der Waals surface area contributed by atoms with Gasteiger partial charge in [-0.15, -0.1) is 0 Å². The highest BCUT2D eigenvalue weighted by Crippen LogP contribution is 2.13. The van der Waals surface area contributed by atoms with Gasteiger partial charge in [0.2, 0.25) is 5.91 Å². The maximum atomic E-state index is 12.1. The molecule has 6 nitrogen and oxygen atoms in total. The number of hydrogen-bond acceptors (Lipinski definition) is 4. The third-order valence-electron chi connectivity index (χ3n) is 3.44. The van der Waals surface area contributed by atoms with Crippen LogP contribution in [0.25, 0.3) is 0 Å². The normalized spacial score (nSPS) is 20.4. The van der Waals surface area contributed by atoms with Crippen LogP contribution in [0.5, 0.6) is 5.75 Å². The summed E-state index contributed by atoms with van der Waals surface area (Å²) in [6.45, 7) is 3.07. The average molecular weight is 291 g/mol. The van der Waals surface area contributed by atoms with Crippen molar-refractivity contribution in [1.29, 1.82) is 0 Å². The van der Waals surface area contributed by atoms with E-state index < -0.39 is 6.04 Å². The van der Waals surface area contributed by atoms with Crippen molar-refractivity contribution in [3.05, 3.63) is 29.8 Å². The van der Waals surface area contributed by atoms with Crippen LogP contribution in [0.1, 0.15) is 30.1 Å². The predicted molar refractivity (Wildman–Crippen MR) is 79.1 cm³/mol. The smallest absolute Gasteiger partial charge is 0.251 e. The fourth-order valence-electron chi connectivity index (χ4n) is 2.06. The Morgan fingerprint density at radius 2 is 2.10 bits per heavy atom. The number of carbonyl (C=O) groups excluding carboxylic acids is 2. The number of ether oxygens (including phenoxy) is 1. The van der Waals surface area contributed by atoms with Gasteiger partial charge in [-0.1, -0.05) is 13.3 Å². The van der Waals surface area contributed by atoms with Gasteiger partial charge in [0.1, 0.15) is 11.8 Å². The first-order chi connectivity index (χ1) is 10.2. The highest BCUT2D eigenvalue weighted by atomic mass is 16.5. The molecular formula is C15H21N3O3. The lowest BCUT2D eigenvalue weighted by atomic mass is 9.98. The van der Waals surface area contributed by atoms with Crippen LogP contribution < -0.4 is 21.1 Å². The maximum absolute atomic E-state index is 12.1. The van der Waals surface area contributed by atoms with E-state index in [1.165, 1.54) is 0 Å². The first kappa shape index (κ1) is 15.3. The van der Waals surface area contributed by atoms with Crippen LogP contribution in [0.4, 0.5) is 0 Å². The van der Waals surface area contributed by atoms with Crippen molar-refractivity contribution in [1.82, 2.24) is 10.6 Å². The Balaban J connectivity index is 1.89. The van der Waals surface area contributed by atoms with E-state index in [2.05, 4.69) is 17.6 Å². The molecule has 1 fully saturated rings. The number of unbranched alkanes of at least 4 members (excludes halogenated alkanes) is 1. The minimum atomic E-state index is -0.539. The average Bonchev–Trinajstić information content (AvgIpc) is 2.50. The van der Waals surface area contributed by atoms with E-state index in [1.807, 2.05) is 0 Å². The van der Waals surface area contributed by atoms with Crippen LogP contribution in [-0.2, 0) is 4.79 Å². The van der Waals surface area contributed by atoms with E-state index in [0.29, 0.717) is 18.7 Å². The lowest BCUT2D eigenvalue weighted by Crippen LogP contribution is -2.71. The highest BCUT2D eigenvalue weighted by Gasteiger charge is 2.39. The summed E-state index contributed by atoms with van der Waals surface area (Å²) in [5.41, 5.74) is 5.99. The van der Waals surface area contributed by atoms with Crippen molar-refractivity contribution in [2.75, 3.05) is 13.2 Å². The summed E-state index contributed by atoms with van der Waals surface area (Å²) >= 11 is 0. The monoisotopic (exact) mass is 291 g/mol. The van der Waals surface area contributed by atoms with Crippen molar-refractivity contribution in [3.63, 3.8) is 0 Å². The lowest BCUT2D eigenvalue weighted by Gasteiger charge is -2.36. The van der Waals surface area contributed by atoms with Gasteiger partial charge in [-0.25, -0.2) is 0 Å². The van der Waals surface area contributed by atoms with E-state index in [9.17, 15) is 9.59 Å². The summed E-state index contributed by atoms with van der Waals surface area (Å²) in [4.78, 5) is 23.4. The van der Waals surface area contributed by atoms with Gasteiger partial charge in [-0.3, -0.25) is 9.59 Å². The van der Waals surface area contributed by atoms with Crippen LogP contribution >= 0.6 is 0 Å². The summed E-state index contributed by atoms with van der Waals surface area (Å²) in [5, 5.41) is 5.32. The Bertz CT molecular complexity index is 501. The van der Waals surface area contributed by atoms with Crippen LogP contribution in [-0.4, -0.2) is 37.0 Å². The Morgan fingerprint density at radius 3 is 2.67 bits per heavy atom. The van der Waals surface area contributed by atoms with E-state index in [1.54, 1.807) is 24.3 Å². The van der Waals surface area contributed by atoms with Gasteiger partial charge in [0.15, 0.2) is 0 Å². The second kappa shape index (κ2) is 7.08. The number of carbonyl (C=O) groups is 2. The molecule has 0 saturated carbocycles. The van der Waals surface area contributed by atoms with E-state index in [0.717, 1.165) is 18.6 Å². The SMILES string of the molecule is CCCCOc1ccc(C(=O)N[C@@H]2C(=O)N[C@@H]2CN)cc1. The van der Waals surface area contributed by atoms with Crippen molar-refractivity contribution in [3.8, 4) is 5.75 Å². The second-order valence-corrected chi connectivity index (χ2v) is 5.03. The van der Waals surface area contributed by atoms with Gasteiger partial charge < -0.3 is 21.1 Å². The fourth-order valence-corrected chi connectivity index (χ4v) is 2.06. The summed E-state index contributed by atoms with van der Waals surface area (Å²) in [6.07, 6.45) is 2.08. The number of benzene rings is 1. The Labute approximate surface area is 124 Å². The van der Waals surface area contributed by atoms with Gasteiger partial charge >= 0.3 is 0 Å².